The van der Waals surface area contributed by atoms with Crippen LogP contribution in [0.1, 0.15) is 10.4 Å². The molecule has 1 aromatic carbocycles. The van der Waals surface area contributed by atoms with E-state index in [-0.39, 0.29) is 5.91 Å². The highest BCUT2D eigenvalue weighted by atomic mass is 35.5. The molecule has 1 heterocycles. The number of carbonyl (C=O) groups excluding carboxylic acids is 1. The molecule has 0 aliphatic rings. The van der Waals surface area contributed by atoms with Crippen molar-refractivity contribution in [2.75, 3.05) is 0 Å². The third-order valence-electron chi connectivity index (χ3n) is 1.46. The summed E-state index contributed by atoms with van der Waals surface area (Å²) in [6, 6.07) is 8.76. The first-order chi connectivity index (χ1) is 7.20. The van der Waals surface area contributed by atoms with Gasteiger partial charge in [-0.1, -0.05) is 29.8 Å². The number of hydrogen-bond acceptors (Lipinski definition) is 3. The van der Waals surface area contributed by atoms with Gasteiger partial charge in [0.2, 0.25) is 5.91 Å². The summed E-state index contributed by atoms with van der Waals surface area (Å²) in [5, 5.41) is 1.84. The van der Waals surface area contributed by atoms with E-state index in [1.165, 1.54) is 11.3 Å². The summed E-state index contributed by atoms with van der Waals surface area (Å²) in [6.45, 7) is 0. The van der Waals surface area contributed by atoms with E-state index in [0.717, 1.165) is 0 Å². The maximum atomic E-state index is 10.4. The Morgan fingerprint density at radius 3 is 2.27 bits per heavy atom. The van der Waals surface area contributed by atoms with Gasteiger partial charge in [0.25, 0.3) is 0 Å². The number of benzene rings is 1. The Hall–Kier alpha value is -1.39. The predicted molar refractivity (Wildman–Crippen MR) is 62.1 cm³/mol. The zero-order chi connectivity index (χ0) is 11.1. The van der Waals surface area contributed by atoms with Gasteiger partial charge in [0.15, 0.2) is 4.47 Å². The molecule has 1 amide bonds. The largest absolute Gasteiger partial charge is 0.366 e. The molecule has 15 heavy (non-hydrogen) atoms. The summed E-state index contributed by atoms with van der Waals surface area (Å²) in [5.74, 6) is -0.379. The van der Waals surface area contributed by atoms with Crippen molar-refractivity contribution < 1.29 is 4.79 Å². The normalized spacial score (nSPS) is 8.87. The van der Waals surface area contributed by atoms with Crippen molar-refractivity contribution in [2.45, 2.75) is 0 Å². The quantitative estimate of drug-likeness (QED) is 0.833. The molecular weight excluding hydrogens is 232 g/mol. The number of rotatable bonds is 1. The van der Waals surface area contributed by atoms with E-state index in [1.54, 1.807) is 30.5 Å². The summed E-state index contributed by atoms with van der Waals surface area (Å²) in [5.41, 5.74) is 5.53. The van der Waals surface area contributed by atoms with Crippen molar-refractivity contribution in [3.63, 3.8) is 0 Å². The lowest BCUT2D eigenvalue weighted by molar-refractivity contribution is 0.100. The van der Waals surface area contributed by atoms with Gasteiger partial charge in [-0.05, 0) is 12.1 Å². The van der Waals surface area contributed by atoms with Gasteiger partial charge in [0.05, 0.1) is 0 Å². The van der Waals surface area contributed by atoms with Gasteiger partial charge < -0.3 is 5.73 Å². The van der Waals surface area contributed by atoms with Crippen LogP contribution in [0.5, 0.6) is 0 Å². The maximum Gasteiger partial charge on any atom is 0.248 e. The van der Waals surface area contributed by atoms with Crippen molar-refractivity contribution >= 4 is 28.8 Å². The Kier molecular flexibility index (Phi) is 4.80. The van der Waals surface area contributed by atoms with E-state index in [9.17, 15) is 4.79 Å². The van der Waals surface area contributed by atoms with E-state index in [1.807, 2.05) is 11.4 Å². The molecule has 0 fully saturated rings. The van der Waals surface area contributed by atoms with E-state index in [0.29, 0.717) is 10.0 Å². The van der Waals surface area contributed by atoms with Crippen LogP contribution in [0.15, 0.2) is 41.9 Å². The van der Waals surface area contributed by atoms with Crippen LogP contribution < -0.4 is 5.73 Å². The highest BCUT2D eigenvalue weighted by molar-refractivity contribution is 7.13. The van der Waals surface area contributed by atoms with Crippen LogP contribution in [-0.2, 0) is 0 Å². The van der Waals surface area contributed by atoms with Crippen LogP contribution in [0.4, 0.5) is 0 Å². The van der Waals surface area contributed by atoms with Gasteiger partial charge in [-0.25, -0.2) is 4.98 Å². The second-order valence-electron chi connectivity index (χ2n) is 2.52. The molecule has 3 nitrogen and oxygen atoms in total. The summed E-state index contributed by atoms with van der Waals surface area (Å²) < 4.78 is 0.606. The number of aromatic nitrogens is 1. The number of hydrogen-bond donors (Lipinski definition) is 1. The van der Waals surface area contributed by atoms with Gasteiger partial charge in [-0.2, -0.15) is 0 Å². The predicted octanol–water partition coefficient (Wildman–Crippen LogP) is 2.58. The molecule has 0 atom stereocenters. The van der Waals surface area contributed by atoms with Gasteiger partial charge in [-0.15, -0.1) is 11.3 Å². The molecule has 0 aliphatic heterocycles. The molecule has 2 aromatic rings. The van der Waals surface area contributed by atoms with E-state index < -0.39 is 0 Å². The topological polar surface area (TPSA) is 56.0 Å². The summed E-state index contributed by atoms with van der Waals surface area (Å²) in [4.78, 5) is 14.1. The van der Waals surface area contributed by atoms with Crippen molar-refractivity contribution in [3.8, 4) is 0 Å². The van der Waals surface area contributed by atoms with Crippen molar-refractivity contribution in [1.82, 2.24) is 4.98 Å². The molecule has 5 heteroatoms. The second kappa shape index (κ2) is 6.16. The van der Waals surface area contributed by atoms with Gasteiger partial charge in [0, 0.05) is 17.1 Å². The molecule has 0 aliphatic carbocycles. The Balaban J connectivity index is 0.000000162. The van der Waals surface area contributed by atoms with Crippen LogP contribution in [0, 0.1) is 0 Å². The second-order valence-corrected chi connectivity index (χ2v) is 3.99. The van der Waals surface area contributed by atoms with Crippen LogP contribution in [0.2, 0.25) is 4.47 Å². The summed E-state index contributed by atoms with van der Waals surface area (Å²) in [6.07, 6.45) is 1.67. The number of thiazole rings is 1. The minimum Gasteiger partial charge on any atom is -0.366 e. The van der Waals surface area contributed by atoms with Gasteiger partial charge in [-0.3, -0.25) is 4.79 Å². The number of carbonyl (C=O) groups is 1. The first kappa shape index (κ1) is 11.7. The Morgan fingerprint density at radius 2 is 2.00 bits per heavy atom. The molecule has 0 saturated heterocycles. The highest BCUT2D eigenvalue weighted by Crippen LogP contribution is 2.08. The highest BCUT2D eigenvalue weighted by Gasteiger charge is 1.93. The number of amides is 1. The van der Waals surface area contributed by atoms with Crippen LogP contribution in [0.3, 0.4) is 0 Å². The molecule has 2 rings (SSSR count). The van der Waals surface area contributed by atoms with Crippen molar-refractivity contribution in [3.05, 3.63) is 51.9 Å². The number of nitrogens with two attached hydrogens (primary N) is 1. The Bertz CT molecular complexity index is 403. The molecule has 1 aromatic heterocycles. The lowest BCUT2D eigenvalue weighted by atomic mass is 10.2. The average Bonchev–Trinajstić information content (AvgIpc) is 2.71. The first-order valence-corrected chi connectivity index (χ1v) is 5.36. The minimum absolute atomic E-state index is 0.379. The third-order valence-corrected chi connectivity index (χ3v) is 2.38. The molecule has 0 spiro atoms. The monoisotopic (exact) mass is 240 g/mol. The number of nitrogens with zero attached hydrogens (tertiary/aromatic N) is 1. The standard InChI is InChI=1S/C7H7NO.C3H2ClNS/c8-7(9)6-4-2-1-3-5-6;4-3-5-1-2-6-3/h1-5H,(H2,8,9);1-2H. The van der Waals surface area contributed by atoms with Crippen LogP contribution in [0.25, 0.3) is 0 Å². The smallest absolute Gasteiger partial charge is 0.248 e. The lowest BCUT2D eigenvalue weighted by Gasteiger charge is -1.89. The Labute approximate surface area is 96.5 Å². The summed E-state index contributed by atoms with van der Waals surface area (Å²) in [7, 11) is 0. The van der Waals surface area contributed by atoms with Crippen LogP contribution in [-0.4, -0.2) is 10.9 Å². The van der Waals surface area contributed by atoms with Crippen molar-refractivity contribution in [1.29, 1.82) is 0 Å². The Morgan fingerprint density at radius 1 is 1.33 bits per heavy atom. The van der Waals surface area contributed by atoms with Crippen molar-refractivity contribution in [2.24, 2.45) is 5.73 Å². The van der Waals surface area contributed by atoms with E-state index >= 15 is 0 Å². The maximum absolute atomic E-state index is 10.4. The molecule has 78 valence electrons. The van der Waals surface area contributed by atoms with E-state index in [4.69, 9.17) is 17.3 Å². The first-order valence-electron chi connectivity index (χ1n) is 4.10. The molecule has 0 bridgehead atoms. The fraction of sp³-hybridized carbons (Fsp3) is 0. The summed E-state index contributed by atoms with van der Waals surface area (Å²) >= 11 is 6.79. The molecule has 0 saturated carbocycles. The number of primary amides is 1. The fourth-order valence-electron chi connectivity index (χ4n) is 0.808. The minimum atomic E-state index is -0.379. The zero-order valence-corrected chi connectivity index (χ0v) is 9.33. The zero-order valence-electron chi connectivity index (χ0n) is 7.76. The van der Waals surface area contributed by atoms with Gasteiger partial charge >= 0.3 is 0 Å². The molecular formula is C10H9ClN2OS. The third kappa shape index (κ3) is 4.58. The average molecular weight is 241 g/mol. The van der Waals surface area contributed by atoms with E-state index in [2.05, 4.69) is 4.98 Å². The van der Waals surface area contributed by atoms with Crippen LogP contribution >= 0.6 is 22.9 Å². The molecule has 2 N–H and O–H groups in total. The lowest BCUT2D eigenvalue weighted by Crippen LogP contribution is -2.09. The molecule has 0 radical (unpaired) electrons. The fourth-order valence-corrected chi connectivity index (χ4v) is 1.37. The van der Waals surface area contributed by atoms with Gasteiger partial charge in [0.1, 0.15) is 0 Å². The molecule has 0 unspecified atom stereocenters. The SMILES string of the molecule is Clc1nccs1.NC(=O)c1ccccc1. The number of halogens is 1.